The largest absolute Gasteiger partial charge is 0.396 e. The molecule has 1 aliphatic rings. The summed E-state index contributed by atoms with van der Waals surface area (Å²) in [7, 11) is 0. The van der Waals surface area contributed by atoms with Crippen molar-refractivity contribution in [2.75, 3.05) is 26.2 Å². The first kappa shape index (κ1) is 18.0. The Bertz CT molecular complexity index is 739. The topological polar surface area (TPSA) is 23.5 Å². The van der Waals surface area contributed by atoms with Gasteiger partial charge in [0, 0.05) is 17.2 Å². The highest BCUT2D eigenvalue weighted by Gasteiger charge is 2.34. The van der Waals surface area contributed by atoms with Gasteiger partial charge in [-0.1, -0.05) is 59.8 Å². The van der Waals surface area contributed by atoms with Gasteiger partial charge >= 0.3 is 0 Å². The van der Waals surface area contributed by atoms with Gasteiger partial charge in [0.05, 0.1) is 6.54 Å². The van der Waals surface area contributed by atoms with E-state index in [2.05, 4.69) is 22.8 Å². The maximum absolute atomic E-state index is 10.0. The van der Waals surface area contributed by atoms with E-state index >= 15 is 0 Å². The SMILES string of the molecule is OCC1(Cc2ccccc2Cl)CCN(CC#Cc2ccccc2)CC1. The molecule has 3 rings (SSSR count). The number of aliphatic hydroxyl groups is 1. The standard InChI is InChI=1S/C22H24ClNO/c23-21-11-5-4-10-20(21)17-22(18-25)12-15-24(16-13-22)14-6-9-19-7-2-1-3-8-19/h1-5,7-8,10-11,25H,12-18H2. The fraction of sp³-hybridized carbons (Fsp3) is 0.364. The Labute approximate surface area is 155 Å². The molecule has 25 heavy (non-hydrogen) atoms. The molecule has 1 fully saturated rings. The van der Waals surface area contributed by atoms with E-state index < -0.39 is 0 Å². The number of benzene rings is 2. The smallest absolute Gasteiger partial charge is 0.0605 e. The molecular weight excluding hydrogens is 330 g/mol. The summed E-state index contributed by atoms with van der Waals surface area (Å²) in [6.07, 6.45) is 2.79. The van der Waals surface area contributed by atoms with E-state index in [0.717, 1.165) is 55.0 Å². The van der Waals surface area contributed by atoms with Crippen molar-refractivity contribution in [1.82, 2.24) is 4.90 Å². The second kappa shape index (κ2) is 8.54. The molecule has 3 heteroatoms. The van der Waals surface area contributed by atoms with E-state index in [1.807, 2.05) is 48.5 Å². The van der Waals surface area contributed by atoms with Crippen molar-refractivity contribution in [2.45, 2.75) is 19.3 Å². The second-order valence-corrected chi connectivity index (χ2v) is 7.28. The Morgan fingerprint density at radius 3 is 2.36 bits per heavy atom. The molecule has 0 spiro atoms. The Kier molecular flexibility index (Phi) is 6.15. The quantitative estimate of drug-likeness (QED) is 0.839. The average Bonchev–Trinajstić information content (AvgIpc) is 2.66. The van der Waals surface area contributed by atoms with E-state index in [1.54, 1.807) is 0 Å². The molecule has 130 valence electrons. The fourth-order valence-electron chi connectivity index (χ4n) is 3.40. The van der Waals surface area contributed by atoms with Crippen LogP contribution in [0.25, 0.3) is 0 Å². The van der Waals surface area contributed by atoms with Crippen LogP contribution in [0.15, 0.2) is 54.6 Å². The fourth-order valence-corrected chi connectivity index (χ4v) is 3.60. The summed E-state index contributed by atoms with van der Waals surface area (Å²) in [6, 6.07) is 18.0. The van der Waals surface area contributed by atoms with Gasteiger partial charge in [-0.15, -0.1) is 0 Å². The molecule has 0 saturated carbocycles. The molecule has 0 amide bonds. The van der Waals surface area contributed by atoms with Crippen molar-refractivity contribution in [2.24, 2.45) is 5.41 Å². The molecule has 2 nitrogen and oxygen atoms in total. The molecular formula is C22H24ClNO. The summed E-state index contributed by atoms with van der Waals surface area (Å²) in [5.74, 6) is 6.48. The molecule has 0 radical (unpaired) electrons. The first-order chi connectivity index (χ1) is 12.2. The summed E-state index contributed by atoms with van der Waals surface area (Å²) < 4.78 is 0. The summed E-state index contributed by atoms with van der Waals surface area (Å²) >= 11 is 6.31. The van der Waals surface area contributed by atoms with Crippen LogP contribution < -0.4 is 0 Å². The number of rotatable bonds is 4. The van der Waals surface area contributed by atoms with Gasteiger partial charge in [0.25, 0.3) is 0 Å². The van der Waals surface area contributed by atoms with Crippen LogP contribution in [0.1, 0.15) is 24.0 Å². The van der Waals surface area contributed by atoms with Crippen molar-refractivity contribution in [1.29, 1.82) is 0 Å². The number of hydrogen-bond donors (Lipinski definition) is 1. The predicted molar refractivity (Wildman–Crippen MR) is 104 cm³/mol. The van der Waals surface area contributed by atoms with Crippen LogP contribution in [0.5, 0.6) is 0 Å². The second-order valence-electron chi connectivity index (χ2n) is 6.87. The van der Waals surface area contributed by atoms with E-state index in [1.165, 1.54) is 0 Å². The van der Waals surface area contributed by atoms with E-state index in [9.17, 15) is 5.11 Å². The van der Waals surface area contributed by atoms with E-state index in [0.29, 0.717) is 0 Å². The van der Waals surface area contributed by atoms with Gasteiger partial charge < -0.3 is 5.11 Å². The zero-order chi connectivity index (χ0) is 17.5. The number of piperidine rings is 1. The zero-order valence-corrected chi connectivity index (χ0v) is 15.2. The lowest BCUT2D eigenvalue weighted by atomic mass is 9.74. The third-order valence-corrected chi connectivity index (χ3v) is 5.45. The lowest BCUT2D eigenvalue weighted by molar-refractivity contribution is 0.0490. The Morgan fingerprint density at radius 1 is 1.00 bits per heavy atom. The van der Waals surface area contributed by atoms with Crippen molar-refractivity contribution in [3.8, 4) is 11.8 Å². The molecule has 1 saturated heterocycles. The van der Waals surface area contributed by atoms with Crippen molar-refractivity contribution >= 4 is 11.6 Å². The van der Waals surface area contributed by atoms with Gasteiger partial charge in [-0.2, -0.15) is 0 Å². The van der Waals surface area contributed by atoms with Crippen LogP contribution in [-0.2, 0) is 6.42 Å². The molecule has 0 unspecified atom stereocenters. The highest BCUT2D eigenvalue weighted by molar-refractivity contribution is 6.31. The molecule has 0 bridgehead atoms. The van der Waals surface area contributed by atoms with Gasteiger partial charge in [0.1, 0.15) is 0 Å². The first-order valence-corrected chi connectivity index (χ1v) is 9.19. The third-order valence-electron chi connectivity index (χ3n) is 5.08. The highest BCUT2D eigenvalue weighted by Crippen LogP contribution is 2.36. The molecule has 0 atom stereocenters. The number of likely N-dealkylation sites (tertiary alicyclic amines) is 1. The summed E-state index contributed by atoms with van der Waals surface area (Å²) in [5, 5.41) is 10.8. The third kappa shape index (κ3) is 4.86. The van der Waals surface area contributed by atoms with Crippen LogP contribution in [0.2, 0.25) is 5.02 Å². The molecule has 1 N–H and O–H groups in total. The zero-order valence-electron chi connectivity index (χ0n) is 14.4. The van der Waals surface area contributed by atoms with E-state index in [-0.39, 0.29) is 12.0 Å². The maximum atomic E-state index is 10.0. The Balaban J connectivity index is 1.56. The van der Waals surface area contributed by atoms with Gasteiger partial charge in [-0.05, 0) is 61.5 Å². The van der Waals surface area contributed by atoms with E-state index in [4.69, 9.17) is 11.6 Å². The monoisotopic (exact) mass is 353 g/mol. The van der Waals surface area contributed by atoms with Crippen LogP contribution in [0, 0.1) is 17.3 Å². The minimum atomic E-state index is -0.0612. The molecule has 1 heterocycles. The van der Waals surface area contributed by atoms with Crippen molar-refractivity contribution < 1.29 is 5.11 Å². The lowest BCUT2D eigenvalue weighted by Gasteiger charge is -2.40. The van der Waals surface area contributed by atoms with Crippen molar-refractivity contribution in [3.05, 3.63) is 70.7 Å². The molecule has 2 aromatic rings. The lowest BCUT2D eigenvalue weighted by Crippen LogP contribution is -2.43. The van der Waals surface area contributed by atoms with Gasteiger partial charge in [-0.3, -0.25) is 4.90 Å². The summed E-state index contributed by atoms with van der Waals surface area (Å²) in [4.78, 5) is 2.37. The summed E-state index contributed by atoms with van der Waals surface area (Å²) in [6.45, 7) is 2.92. The molecule has 0 aliphatic carbocycles. The average molecular weight is 354 g/mol. The van der Waals surface area contributed by atoms with Crippen LogP contribution in [-0.4, -0.2) is 36.2 Å². The molecule has 1 aliphatic heterocycles. The maximum Gasteiger partial charge on any atom is 0.0605 e. The number of hydrogen-bond acceptors (Lipinski definition) is 2. The highest BCUT2D eigenvalue weighted by atomic mass is 35.5. The van der Waals surface area contributed by atoms with Gasteiger partial charge in [0.2, 0.25) is 0 Å². The van der Waals surface area contributed by atoms with Crippen molar-refractivity contribution in [3.63, 3.8) is 0 Å². The minimum Gasteiger partial charge on any atom is -0.396 e. The Morgan fingerprint density at radius 2 is 1.68 bits per heavy atom. The normalized spacial score (nSPS) is 16.9. The van der Waals surface area contributed by atoms with Crippen LogP contribution in [0.4, 0.5) is 0 Å². The number of aliphatic hydroxyl groups excluding tert-OH is 1. The van der Waals surface area contributed by atoms with Crippen LogP contribution in [0.3, 0.4) is 0 Å². The Hall–Kier alpha value is -1.79. The first-order valence-electron chi connectivity index (χ1n) is 8.81. The minimum absolute atomic E-state index is 0.0612. The predicted octanol–water partition coefficient (Wildman–Crippen LogP) is 4.01. The van der Waals surface area contributed by atoms with Crippen LogP contribution >= 0.6 is 11.6 Å². The summed E-state index contributed by atoms with van der Waals surface area (Å²) in [5.41, 5.74) is 2.13. The number of halogens is 1. The molecule has 2 aromatic carbocycles. The van der Waals surface area contributed by atoms with Gasteiger partial charge in [0.15, 0.2) is 0 Å². The van der Waals surface area contributed by atoms with Gasteiger partial charge in [-0.25, -0.2) is 0 Å². The molecule has 0 aromatic heterocycles. The number of nitrogens with zero attached hydrogens (tertiary/aromatic N) is 1.